The molecule has 0 saturated heterocycles. The Morgan fingerprint density at radius 2 is 1.18 bits per heavy atom. The molecule has 0 bridgehead atoms. The average molecular weight is 279 g/mol. The average Bonchev–Trinajstić information content (AvgIpc) is 2.35. The van der Waals surface area contributed by atoms with E-state index in [2.05, 4.69) is 27.7 Å². The first-order valence-electron chi connectivity index (χ1n) is 6.77. The van der Waals surface area contributed by atoms with Crippen molar-refractivity contribution in [3.63, 3.8) is 0 Å². The molecule has 0 amide bonds. The van der Waals surface area contributed by atoms with Gasteiger partial charge in [0.2, 0.25) is 0 Å². The minimum absolute atomic E-state index is 0.579. The van der Waals surface area contributed by atoms with Gasteiger partial charge in [-0.25, -0.2) is 0 Å². The topological polar surface area (TPSA) is 3.24 Å². The molecule has 0 rings (SSSR count). The monoisotopic (exact) mass is 278 g/mol. The van der Waals surface area contributed by atoms with E-state index in [1.165, 1.54) is 30.7 Å². The summed E-state index contributed by atoms with van der Waals surface area (Å²) in [5.41, 5.74) is 0. The fourth-order valence-electron chi connectivity index (χ4n) is 1.82. The van der Waals surface area contributed by atoms with Gasteiger partial charge in [-0.3, -0.25) is 0 Å². The van der Waals surface area contributed by atoms with Crippen molar-refractivity contribution in [2.75, 3.05) is 39.3 Å². The van der Waals surface area contributed by atoms with Gasteiger partial charge in [0.05, 0.1) is 26.2 Å². The van der Waals surface area contributed by atoms with E-state index in [1.807, 2.05) is 18.7 Å². The van der Waals surface area contributed by atoms with E-state index in [1.54, 1.807) is 0 Å². The Hall–Kier alpha value is 0.0700. The van der Waals surface area contributed by atoms with E-state index in [4.69, 9.17) is 24.8 Å². The first-order chi connectivity index (χ1) is 7.96. The standard InChI is InChI=1S/C8H20N.C5H11NS2/c1-5-9(6-2,7-3)8-4;1-3-6(4-2)5(7)8/h5-8H2,1-4H3;3-4H2,1-2H3,(H,7,8)/q+1;/p-1. The molecule has 17 heavy (non-hydrogen) atoms. The van der Waals surface area contributed by atoms with Crippen molar-refractivity contribution in [2.45, 2.75) is 41.5 Å². The Labute approximate surface area is 119 Å². The maximum atomic E-state index is 4.76. The highest BCUT2D eigenvalue weighted by molar-refractivity contribution is 8.00. The molecule has 4 heteroatoms. The van der Waals surface area contributed by atoms with Crippen LogP contribution in [0.4, 0.5) is 0 Å². The van der Waals surface area contributed by atoms with Crippen molar-refractivity contribution in [3.8, 4) is 0 Å². The van der Waals surface area contributed by atoms with Crippen LogP contribution in [0.2, 0.25) is 0 Å². The molecule has 0 heterocycles. The van der Waals surface area contributed by atoms with Crippen LogP contribution in [0.15, 0.2) is 0 Å². The maximum Gasteiger partial charge on any atom is 0.0757 e. The van der Waals surface area contributed by atoms with Gasteiger partial charge in [-0.1, -0.05) is 4.32 Å². The number of quaternary nitrogens is 1. The predicted molar refractivity (Wildman–Crippen MR) is 85.3 cm³/mol. The SMILES string of the molecule is CCN(CC)C(=S)[S-].CC[N+](CC)(CC)CC. The number of nitrogens with zero attached hydrogens (tertiary/aromatic N) is 2. The summed E-state index contributed by atoms with van der Waals surface area (Å²) < 4.78 is 1.86. The lowest BCUT2D eigenvalue weighted by atomic mass is 10.3. The molecule has 0 aromatic rings. The Balaban J connectivity index is 0. The van der Waals surface area contributed by atoms with E-state index < -0.39 is 0 Å². The summed E-state index contributed by atoms with van der Waals surface area (Å²) in [6.45, 7) is 20.2. The molecule has 0 aromatic carbocycles. The molecule has 0 saturated carbocycles. The Kier molecular flexibility index (Phi) is 12.8. The minimum Gasteiger partial charge on any atom is -0.411 e. The molecule has 0 N–H and O–H groups in total. The first-order valence-corrected chi connectivity index (χ1v) is 7.59. The van der Waals surface area contributed by atoms with Gasteiger partial charge in [-0.2, -0.15) is 0 Å². The van der Waals surface area contributed by atoms with Gasteiger partial charge in [-0.15, -0.1) is 0 Å². The molecule has 0 unspecified atom stereocenters. The molecule has 0 aromatic heterocycles. The lowest BCUT2D eigenvalue weighted by Crippen LogP contribution is -2.47. The fraction of sp³-hybridized carbons (Fsp3) is 0.923. The lowest BCUT2D eigenvalue weighted by molar-refractivity contribution is -0.921. The third-order valence-electron chi connectivity index (χ3n) is 3.70. The molecule has 0 atom stereocenters. The molecule has 0 radical (unpaired) electrons. The van der Waals surface area contributed by atoms with Crippen LogP contribution in [0.25, 0.3) is 0 Å². The van der Waals surface area contributed by atoms with Crippen molar-refractivity contribution >= 4 is 29.2 Å². The maximum absolute atomic E-state index is 4.76. The summed E-state index contributed by atoms with van der Waals surface area (Å²) >= 11 is 9.51. The van der Waals surface area contributed by atoms with E-state index >= 15 is 0 Å². The van der Waals surface area contributed by atoms with Crippen molar-refractivity contribution in [3.05, 3.63) is 0 Å². The third-order valence-corrected chi connectivity index (χ3v) is 4.22. The quantitative estimate of drug-likeness (QED) is 0.418. The fourth-order valence-corrected chi connectivity index (χ4v) is 2.34. The number of hydrogen-bond acceptors (Lipinski definition) is 2. The van der Waals surface area contributed by atoms with E-state index in [0.717, 1.165) is 13.1 Å². The van der Waals surface area contributed by atoms with Crippen LogP contribution >= 0.6 is 12.2 Å². The highest BCUT2D eigenvalue weighted by atomic mass is 32.1. The molecular formula is C13H30N2S2. The van der Waals surface area contributed by atoms with Crippen LogP contribution < -0.4 is 0 Å². The second-order valence-electron chi connectivity index (χ2n) is 4.04. The zero-order valence-electron chi connectivity index (χ0n) is 12.5. The summed E-state index contributed by atoms with van der Waals surface area (Å²) in [5.74, 6) is 0. The molecule has 0 aliphatic heterocycles. The largest absolute Gasteiger partial charge is 0.411 e. The highest BCUT2D eigenvalue weighted by Gasteiger charge is 2.16. The Bertz CT molecular complexity index is 170. The summed E-state index contributed by atoms with van der Waals surface area (Å²) in [5, 5.41) is 0. The van der Waals surface area contributed by atoms with Crippen molar-refractivity contribution in [1.29, 1.82) is 0 Å². The summed E-state index contributed by atoms with van der Waals surface area (Å²) in [6.07, 6.45) is 0. The van der Waals surface area contributed by atoms with Crippen molar-refractivity contribution in [1.82, 2.24) is 4.90 Å². The van der Waals surface area contributed by atoms with Crippen molar-refractivity contribution in [2.24, 2.45) is 0 Å². The van der Waals surface area contributed by atoms with Crippen LogP contribution in [0.3, 0.4) is 0 Å². The Morgan fingerprint density at radius 1 is 0.882 bits per heavy atom. The van der Waals surface area contributed by atoms with Gasteiger partial charge in [-0.05, 0) is 41.5 Å². The molecule has 0 aliphatic rings. The summed E-state index contributed by atoms with van der Waals surface area (Å²) in [4.78, 5) is 1.96. The second kappa shape index (κ2) is 11.2. The van der Waals surface area contributed by atoms with E-state index in [-0.39, 0.29) is 0 Å². The molecule has 0 aliphatic carbocycles. The second-order valence-corrected chi connectivity index (χ2v) is 5.08. The van der Waals surface area contributed by atoms with Gasteiger partial charge in [0, 0.05) is 13.1 Å². The van der Waals surface area contributed by atoms with Crippen LogP contribution in [0.5, 0.6) is 0 Å². The minimum atomic E-state index is 0.579. The van der Waals surface area contributed by atoms with Gasteiger partial charge in [0.1, 0.15) is 0 Å². The van der Waals surface area contributed by atoms with E-state index in [0.29, 0.717) is 4.32 Å². The van der Waals surface area contributed by atoms with Crippen LogP contribution in [-0.2, 0) is 12.6 Å². The zero-order chi connectivity index (χ0) is 13.9. The summed E-state index contributed by atoms with van der Waals surface area (Å²) in [6, 6.07) is 0. The van der Waals surface area contributed by atoms with Crippen LogP contribution in [0, 0.1) is 0 Å². The van der Waals surface area contributed by atoms with Gasteiger partial charge >= 0.3 is 0 Å². The van der Waals surface area contributed by atoms with Gasteiger partial charge in [0.25, 0.3) is 0 Å². The molecule has 0 fully saturated rings. The van der Waals surface area contributed by atoms with Crippen LogP contribution in [0.1, 0.15) is 41.5 Å². The highest BCUT2D eigenvalue weighted by Crippen LogP contribution is 2.03. The smallest absolute Gasteiger partial charge is 0.0757 e. The number of hydrogen-bond donors (Lipinski definition) is 0. The molecular weight excluding hydrogens is 248 g/mol. The lowest BCUT2D eigenvalue weighted by Gasteiger charge is -2.34. The third kappa shape index (κ3) is 7.90. The number of thiocarbonyl (C=S) groups is 1. The molecule has 2 nitrogen and oxygen atoms in total. The zero-order valence-corrected chi connectivity index (χ0v) is 14.1. The molecule has 0 spiro atoms. The number of rotatable bonds is 6. The summed E-state index contributed by atoms with van der Waals surface area (Å²) in [7, 11) is 0. The normalized spacial score (nSPS) is 10.5. The first kappa shape index (κ1) is 19.4. The Morgan fingerprint density at radius 3 is 1.18 bits per heavy atom. The van der Waals surface area contributed by atoms with E-state index in [9.17, 15) is 0 Å². The molecule has 104 valence electrons. The van der Waals surface area contributed by atoms with Crippen molar-refractivity contribution < 1.29 is 4.48 Å². The van der Waals surface area contributed by atoms with Gasteiger partial charge < -0.3 is 34.2 Å². The van der Waals surface area contributed by atoms with Crippen LogP contribution in [-0.4, -0.2) is 53.0 Å². The predicted octanol–water partition coefficient (Wildman–Crippen LogP) is 3.04. The van der Waals surface area contributed by atoms with Gasteiger partial charge in [0.15, 0.2) is 0 Å².